The van der Waals surface area contributed by atoms with Gasteiger partial charge in [-0.05, 0) is 25.0 Å². The van der Waals surface area contributed by atoms with Crippen LogP contribution in [0.15, 0.2) is 29.5 Å². The topological polar surface area (TPSA) is 65.4 Å². The minimum atomic E-state index is -0.301. The first-order valence-electron chi connectivity index (χ1n) is 6.82. The van der Waals surface area contributed by atoms with Crippen molar-refractivity contribution in [3.05, 3.63) is 47.0 Å². The van der Waals surface area contributed by atoms with Crippen molar-refractivity contribution in [1.82, 2.24) is 9.66 Å². The molecule has 112 valence electrons. The molecule has 0 saturated heterocycles. The van der Waals surface area contributed by atoms with Gasteiger partial charge < -0.3 is 10.5 Å². The lowest BCUT2D eigenvalue weighted by molar-refractivity contribution is 0.119. The molecular formula is C15H19FN4O. The zero-order chi connectivity index (χ0) is 15.2. The smallest absolute Gasteiger partial charge is 0.221 e. The van der Waals surface area contributed by atoms with Crippen LogP contribution in [0.4, 0.5) is 10.3 Å². The quantitative estimate of drug-likeness (QED) is 0.657. The molecule has 0 bridgehead atoms. The Morgan fingerprint density at radius 3 is 2.90 bits per heavy atom. The third-order valence-corrected chi connectivity index (χ3v) is 2.85. The van der Waals surface area contributed by atoms with E-state index in [1.807, 2.05) is 13.8 Å². The summed E-state index contributed by atoms with van der Waals surface area (Å²) in [6.45, 7) is 4.75. The molecule has 0 unspecified atom stereocenters. The number of aromatic nitrogens is 2. The summed E-state index contributed by atoms with van der Waals surface area (Å²) in [5.41, 5.74) is 7.64. The summed E-state index contributed by atoms with van der Waals surface area (Å²) in [5, 5.41) is 4.15. The highest BCUT2D eigenvalue weighted by Crippen LogP contribution is 2.11. The van der Waals surface area contributed by atoms with Crippen molar-refractivity contribution in [2.75, 3.05) is 12.3 Å². The van der Waals surface area contributed by atoms with Gasteiger partial charge in [0.25, 0.3) is 0 Å². The van der Waals surface area contributed by atoms with Gasteiger partial charge in [-0.3, -0.25) is 0 Å². The van der Waals surface area contributed by atoms with Gasteiger partial charge >= 0.3 is 0 Å². The van der Waals surface area contributed by atoms with Crippen LogP contribution in [-0.4, -0.2) is 22.5 Å². The van der Waals surface area contributed by atoms with E-state index in [-0.39, 0.29) is 12.4 Å². The summed E-state index contributed by atoms with van der Waals surface area (Å²) in [7, 11) is 0. The number of rotatable bonds is 6. The monoisotopic (exact) mass is 290 g/mol. The summed E-state index contributed by atoms with van der Waals surface area (Å²) in [6.07, 6.45) is 4.16. The molecule has 6 heteroatoms. The van der Waals surface area contributed by atoms with Crippen LogP contribution in [0.5, 0.6) is 0 Å². The highest BCUT2D eigenvalue weighted by atomic mass is 19.1. The minimum absolute atomic E-state index is 0.282. The molecule has 2 aromatic rings. The number of benzene rings is 1. The number of hydrogen-bond donors (Lipinski definition) is 1. The van der Waals surface area contributed by atoms with E-state index in [0.29, 0.717) is 23.7 Å². The second-order valence-electron chi connectivity index (χ2n) is 4.73. The van der Waals surface area contributed by atoms with E-state index in [4.69, 9.17) is 10.5 Å². The fraction of sp³-hybridized carbons (Fsp3) is 0.333. The number of halogens is 1. The van der Waals surface area contributed by atoms with E-state index in [2.05, 4.69) is 10.1 Å². The maximum Gasteiger partial charge on any atom is 0.221 e. The van der Waals surface area contributed by atoms with Crippen LogP contribution in [0.3, 0.4) is 0 Å². The Morgan fingerprint density at radius 1 is 1.48 bits per heavy atom. The lowest BCUT2D eigenvalue weighted by Gasteiger charge is -2.05. The third kappa shape index (κ3) is 4.13. The predicted molar refractivity (Wildman–Crippen MR) is 80.7 cm³/mol. The second kappa shape index (κ2) is 6.99. The molecule has 1 aromatic carbocycles. The van der Waals surface area contributed by atoms with Crippen LogP contribution in [0.2, 0.25) is 0 Å². The number of aryl methyl sites for hydroxylation is 1. The fourth-order valence-electron chi connectivity index (χ4n) is 1.81. The molecule has 0 aliphatic carbocycles. The molecule has 2 rings (SSSR count). The molecule has 0 aliphatic heterocycles. The van der Waals surface area contributed by atoms with Crippen LogP contribution in [-0.2, 0) is 11.3 Å². The Kier molecular flexibility index (Phi) is 5.05. The molecule has 1 aromatic heterocycles. The molecule has 0 atom stereocenters. The summed E-state index contributed by atoms with van der Waals surface area (Å²) < 4.78 is 20.7. The van der Waals surface area contributed by atoms with E-state index < -0.39 is 0 Å². The summed E-state index contributed by atoms with van der Waals surface area (Å²) in [4.78, 5) is 4.03. The molecule has 0 amide bonds. The zero-order valence-electron chi connectivity index (χ0n) is 12.2. The molecule has 0 aliphatic rings. The van der Waals surface area contributed by atoms with Crippen LogP contribution in [0.25, 0.3) is 0 Å². The average Bonchev–Trinajstić information content (AvgIpc) is 2.77. The van der Waals surface area contributed by atoms with Crippen LogP contribution < -0.4 is 5.73 Å². The minimum Gasteiger partial charge on any atom is -0.377 e. The summed E-state index contributed by atoms with van der Waals surface area (Å²) in [6, 6.07) is 4.92. The molecule has 0 fully saturated rings. The number of nitrogen functional groups attached to an aromatic ring is 1. The van der Waals surface area contributed by atoms with Crippen LogP contribution >= 0.6 is 0 Å². The Bertz CT molecular complexity index is 637. The number of anilines is 1. The van der Waals surface area contributed by atoms with Crippen molar-refractivity contribution in [3.8, 4) is 0 Å². The van der Waals surface area contributed by atoms with Gasteiger partial charge in [0.1, 0.15) is 5.82 Å². The van der Waals surface area contributed by atoms with Crippen molar-refractivity contribution >= 4 is 12.2 Å². The van der Waals surface area contributed by atoms with Gasteiger partial charge in [0.15, 0.2) is 0 Å². The van der Waals surface area contributed by atoms with Crippen molar-refractivity contribution in [2.24, 2.45) is 5.10 Å². The van der Waals surface area contributed by atoms with Crippen molar-refractivity contribution in [2.45, 2.75) is 26.9 Å². The van der Waals surface area contributed by atoms with Gasteiger partial charge in [0.2, 0.25) is 5.95 Å². The zero-order valence-corrected chi connectivity index (χ0v) is 12.2. The number of ether oxygens (including phenoxy) is 1. The Morgan fingerprint density at radius 2 is 2.29 bits per heavy atom. The standard InChI is InChI=1S/C15H19FN4O/c1-3-6-21-10-13-5-4-12(7-14(13)16)8-18-20-9-11(2)19-15(20)17/h4-5,7-9H,3,6,10H2,1-2H3,(H2,17,19). The SMILES string of the molecule is CCCOCc1ccc(C=Nn2cc(C)nc2N)cc1F. The third-order valence-electron chi connectivity index (χ3n) is 2.85. The first-order valence-corrected chi connectivity index (χ1v) is 6.82. The molecule has 0 radical (unpaired) electrons. The molecule has 1 heterocycles. The van der Waals surface area contributed by atoms with Crippen molar-refractivity contribution < 1.29 is 9.13 Å². The fourth-order valence-corrected chi connectivity index (χ4v) is 1.81. The maximum atomic E-state index is 13.9. The van der Waals surface area contributed by atoms with E-state index >= 15 is 0 Å². The molecule has 2 N–H and O–H groups in total. The first kappa shape index (κ1) is 15.2. The molecular weight excluding hydrogens is 271 g/mol. The molecule has 5 nitrogen and oxygen atoms in total. The molecule has 0 saturated carbocycles. The van der Waals surface area contributed by atoms with Gasteiger partial charge in [-0.1, -0.05) is 19.1 Å². The van der Waals surface area contributed by atoms with Crippen molar-refractivity contribution in [3.63, 3.8) is 0 Å². The lowest BCUT2D eigenvalue weighted by Crippen LogP contribution is -1.99. The molecule has 21 heavy (non-hydrogen) atoms. The lowest BCUT2D eigenvalue weighted by atomic mass is 10.1. The van der Waals surface area contributed by atoms with E-state index in [1.54, 1.807) is 18.3 Å². The number of nitrogens with two attached hydrogens (primary N) is 1. The highest BCUT2D eigenvalue weighted by Gasteiger charge is 2.03. The average molecular weight is 290 g/mol. The Hall–Kier alpha value is -2.21. The summed E-state index contributed by atoms with van der Waals surface area (Å²) in [5.74, 6) is -0.00126. The normalized spacial score (nSPS) is 11.4. The van der Waals surface area contributed by atoms with Gasteiger partial charge in [0, 0.05) is 12.2 Å². The number of imidazole rings is 1. The van der Waals surface area contributed by atoms with Crippen molar-refractivity contribution in [1.29, 1.82) is 0 Å². The maximum absolute atomic E-state index is 13.9. The highest BCUT2D eigenvalue weighted by molar-refractivity contribution is 5.79. The van der Waals surface area contributed by atoms with E-state index in [1.165, 1.54) is 17.0 Å². The van der Waals surface area contributed by atoms with Gasteiger partial charge in [-0.15, -0.1) is 0 Å². The Balaban J connectivity index is 2.07. The van der Waals surface area contributed by atoms with E-state index in [0.717, 1.165) is 12.1 Å². The first-order chi connectivity index (χ1) is 10.1. The van der Waals surface area contributed by atoms with Crippen LogP contribution in [0, 0.1) is 12.7 Å². The van der Waals surface area contributed by atoms with Gasteiger partial charge in [-0.25, -0.2) is 14.1 Å². The number of hydrogen-bond acceptors (Lipinski definition) is 4. The summed E-state index contributed by atoms with van der Waals surface area (Å²) >= 11 is 0. The van der Waals surface area contributed by atoms with Gasteiger partial charge in [0.05, 0.1) is 24.7 Å². The van der Waals surface area contributed by atoms with Gasteiger partial charge in [-0.2, -0.15) is 5.10 Å². The number of nitrogens with zero attached hydrogens (tertiary/aromatic N) is 3. The predicted octanol–water partition coefficient (Wildman–Crippen LogP) is 2.72. The largest absolute Gasteiger partial charge is 0.377 e. The molecule has 0 spiro atoms. The Labute approximate surface area is 123 Å². The van der Waals surface area contributed by atoms with Crippen LogP contribution in [0.1, 0.15) is 30.2 Å². The second-order valence-corrected chi connectivity index (χ2v) is 4.73. The van der Waals surface area contributed by atoms with E-state index in [9.17, 15) is 4.39 Å².